The third-order valence-corrected chi connectivity index (χ3v) is 1.45. The van der Waals surface area contributed by atoms with Crippen LogP contribution in [0, 0.1) is 0 Å². The molecule has 1 aromatic rings. The lowest BCUT2D eigenvalue weighted by Crippen LogP contribution is -2.09. The molecule has 0 saturated heterocycles. The Labute approximate surface area is 49.3 Å². The van der Waals surface area contributed by atoms with Crippen molar-refractivity contribution in [3.05, 3.63) is 21.8 Å². The third-order valence-electron chi connectivity index (χ3n) is 0.698. The van der Waals surface area contributed by atoms with Crippen LogP contribution in [0.25, 0.3) is 0 Å². The fourth-order valence-corrected chi connectivity index (χ4v) is 0.879. The van der Waals surface area contributed by atoms with Gasteiger partial charge in [-0.1, -0.05) is 11.5 Å². The lowest BCUT2D eigenvalue weighted by Gasteiger charge is -1.75. The average Bonchev–Trinajstić information content (AvgIpc) is 2.14. The van der Waals surface area contributed by atoms with Crippen LogP contribution in [0.4, 0.5) is 0 Å². The highest BCUT2D eigenvalue weighted by Gasteiger charge is 1.88. The molecule has 1 rings (SSSR count). The van der Waals surface area contributed by atoms with Crippen LogP contribution >= 0.6 is 11.5 Å². The summed E-state index contributed by atoms with van der Waals surface area (Å²) in [7, 11) is 0. The summed E-state index contributed by atoms with van der Waals surface area (Å²) in [6, 6.07) is 1.35. The van der Waals surface area contributed by atoms with Crippen molar-refractivity contribution in [2.75, 3.05) is 0 Å². The van der Waals surface area contributed by atoms with Gasteiger partial charge in [-0.15, -0.1) is 0 Å². The van der Waals surface area contributed by atoms with Gasteiger partial charge in [-0.2, -0.15) is 0 Å². The SMILES string of the molecule is O=Cn1sccc1=O. The molecule has 3 nitrogen and oxygen atoms in total. The van der Waals surface area contributed by atoms with E-state index in [1.54, 1.807) is 5.38 Å². The van der Waals surface area contributed by atoms with Gasteiger partial charge in [-0.3, -0.25) is 9.59 Å². The van der Waals surface area contributed by atoms with Gasteiger partial charge in [0.25, 0.3) is 5.56 Å². The predicted octanol–water partition coefficient (Wildman–Crippen LogP) is -0.0519. The van der Waals surface area contributed by atoms with Gasteiger partial charge < -0.3 is 0 Å². The van der Waals surface area contributed by atoms with E-state index in [-0.39, 0.29) is 5.56 Å². The highest BCUT2D eigenvalue weighted by Crippen LogP contribution is 1.85. The van der Waals surface area contributed by atoms with Crippen molar-refractivity contribution in [1.82, 2.24) is 3.96 Å². The van der Waals surface area contributed by atoms with E-state index < -0.39 is 0 Å². The van der Waals surface area contributed by atoms with E-state index >= 15 is 0 Å². The molecule has 0 amide bonds. The zero-order valence-corrected chi connectivity index (χ0v) is 4.72. The number of nitrogens with zero attached hydrogens (tertiary/aromatic N) is 1. The monoisotopic (exact) mass is 129 g/mol. The van der Waals surface area contributed by atoms with Crippen molar-refractivity contribution in [3.63, 3.8) is 0 Å². The molecular formula is C4H3NO2S. The zero-order chi connectivity index (χ0) is 5.98. The predicted molar refractivity (Wildman–Crippen MR) is 30.7 cm³/mol. The van der Waals surface area contributed by atoms with E-state index in [0.29, 0.717) is 6.41 Å². The average molecular weight is 129 g/mol. The molecule has 0 aliphatic rings. The van der Waals surface area contributed by atoms with E-state index in [4.69, 9.17) is 0 Å². The summed E-state index contributed by atoms with van der Waals surface area (Å²) in [5, 5.41) is 1.57. The summed E-state index contributed by atoms with van der Waals surface area (Å²) in [6.07, 6.45) is 0.493. The fourth-order valence-electron chi connectivity index (χ4n) is 0.356. The van der Waals surface area contributed by atoms with Crippen LogP contribution in [-0.4, -0.2) is 10.4 Å². The van der Waals surface area contributed by atoms with Gasteiger partial charge in [0, 0.05) is 11.4 Å². The van der Waals surface area contributed by atoms with Crippen molar-refractivity contribution in [2.24, 2.45) is 0 Å². The minimum absolute atomic E-state index is 0.259. The van der Waals surface area contributed by atoms with E-state index in [0.717, 1.165) is 15.5 Å². The summed E-state index contributed by atoms with van der Waals surface area (Å²) in [5.74, 6) is 0. The van der Waals surface area contributed by atoms with E-state index in [2.05, 4.69) is 0 Å². The number of carbonyl (C=O) groups is 1. The molecule has 0 unspecified atom stereocenters. The van der Waals surface area contributed by atoms with Gasteiger partial charge in [-0.25, -0.2) is 3.96 Å². The highest BCUT2D eigenvalue weighted by atomic mass is 32.1. The molecular weight excluding hydrogens is 126 g/mol. The normalized spacial score (nSPS) is 9.00. The molecule has 0 aromatic carbocycles. The Hall–Kier alpha value is -0.900. The Kier molecular flexibility index (Phi) is 1.26. The van der Waals surface area contributed by atoms with Crippen molar-refractivity contribution >= 4 is 17.9 Å². The van der Waals surface area contributed by atoms with Crippen LogP contribution in [0.5, 0.6) is 0 Å². The maximum Gasteiger partial charge on any atom is 0.267 e. The van der Waals surface area contributed by atoms with Crippen molar-refractivity contribution in [3.8, 4) is 0 Å². The molecule has 0 aliphatic carbocycles. The lowest BCUT2D eigenvalue weighted by molar-refractivity contribution is 0.550. The van der Waals surface area contributed by atoms with Gasteiger partial charge in [0.1, 0.15) is 0 Å². The van der Waals surface area contributed by atoms with Crippen LogP contribution < -0.4 is 5.56 Å². The van der Waals surface area contributed by atoms with Gasteiger partial charge in [0.15, 0.2) is 0 Å². The first-order valence-corrected chi connectivity index (χ1v) is 2.80. The zero-order valence-electron chi connectivity index (χ0n) is 3.90. The Balaban J connectivity index is 3.30. The maximum atomic E-state index is 10.4. The van der Waals surface area contributed by atoms with Crippen molar-refractivity contribution in [1.29, 1.82) is 0 Å². The fraction of sp³-hybridized carbons (Fsp3) is 0. The first-order valence-electron chi connectivity index (χ1n) is 1.96. The number of rotatable bonds is 1. The Morgan fingerprint density at radius 2 is 2.50 bits per heavy atom. The topological polar surface area (TPSA) is 39.1 Å². The largest absolute Gasteiger partial charge is 0.277 e. The molecule has 0 saturated carbocycles. The number of hydrogen-bond donors (Lipinski definition) is 0. The molecule has 8 heavy (non-hydrogen) atoms. The van der Waals surface area contributed by atoms with Crippen LogP contribution in [0.2, 0.25) is 0 Å². The van der Waals surface area contributed by atoms with E-state index in [1.165, 1.54) is 6.07 Å². The second-order valence-corrected chi connectivity index (χ2v) is 2.05. The Bertz CT molecular complexity index is 236. The molecule has 0 fully saturated rings. The first kappa shape index (κ1) is 5.24. The summed E-state index contributed by atoms with van der Waals surface area (Å²) < 4.78 is 1.01. The molecule has 42 valence electrons. The number of carbonyl (C=O) groups excluding carboxylic acids is 1. The van der Waals surface area contributed by atoms with Crippen molar-refractivity contribution in [2.45, 2.75) is 0 Å². The molecule has 0 aliphatic heterocycles. The summed E-state index contributed by atoms with van der Waals surface area (Å²) in [6.45, 7) is 0. The van der Waals surface area contributed by atoms with Gasteiger partial charge >= 0.3 is 0 Å². The molecule has 0 spiro atoms. The van der Waals surface area contributed by atoms with Crippen LogP contribution in [0.3, 0.4) is 0 Å². The van der Waals surface area contributed by atoms with E-state index in [9.17, 15) is 9.59 Å². The summed E-state index contributed by atoms with van der Waals surface area (Å²) in [4.78, 5) is 20.3. The minimum atomic E-state index is -0.259. The Morgan fingerprint density at radius 3 is 2.75 bits per heavy atom. The quantitative estimate of drug-likeness (QED) is 0.498. The molecule has 1 heterocycles. The van der Waals surface area contributed by atoms with Gasteiger partial charge in [0.05, 0.1) is 0 Å². The van der Waals surface area contributed by atoms with Gasteiger partial charge in [0.2, 0.25) is 6.41 Å². The first-order chi connectivity index (χ1) is 3.84. The standard InChI is InChI=1S/C4H3NO2S/c6-3-5-4(7)1-2-8-5/h1-3H. The third kappa shape index (κ3) is 0.696. The second-order valence-electron chi connectivity index (χ2n) is 1.18. The Morgan fingerprint density at radius 1 is 1.75 bits per heavy atom. The maximum absolute atomic E-state index is 10.4. The van der Waals surface area contributed by atoms with Crippen molar-refractivity contribution < 1.29 is 4.79 Å². The lowest BCUT2D eigenvalue weighted by atomic mass is 10.7. The number of hydrogen-bond acceptors (Lipinski definition) is 3. The molecule has 0 bridgehead atoms. The molecule has 0 atom stereocenters. The van der Waals surface area contributed by atoms with Gasteiger partial charge in [-0.05, 0) is 0 Å². The second kappa shape index (κ2) is 1.92. The van der Waals surface area contributed by atoms with Crippen LogP contribution in [0.15, 0.2) is 16.2 Å². The van der Waals surface area contributed by atoms with Crippen LogP contribution in [0.1, 0.15) is 0 Å². The molecule has 4 heteroatoms. The smallest absolute Gasteiger partial charge is 0.267 e. The van der Waals surface area contributed by atoms with Crippen LogP contribution in [-0.2, 0) is 4.79 Å². The molecule has 0 N–H and O–H groups in total. The summed E-state index contributed by atoms with van der Waals surface area (Å²) >= 11 is 1.09. The highest BCUT2D eigenvalue weighted by molar-refractivity contribution is 7.05. The molecule has 1 aromatic heterocycles. The molecule has 0 radical (unpaired) electrons. The van der Waals surface area contributed by atoms with E-state index in [1.807, 2.05) is 0 Å². The minimum Gasteiger partial charge on any atom is -0.277 e. The summed E-state index contributed by atoms with van der Waals surface area (Å²) in [5.41, 5.74) is -0.259. The number of aromatic nitrogens is 1.